The van der Waals surface area contributed by atoms with Crippen LogP contribution in [0.2, 0.25) is 0 Å². The summed E-state index contributed by atoms with van der Waals surface area (Å²) in [5.41, 5.74) is 0. The largest absolute Gasteiger partial charge is 0.469 e. The third-order valence-corrected chi connectivity index (χ3v) is 4.24. The van der Waals surface area contributed by atoms with Gasteiger partial charge >= 0.3 is 5.97 Å². The molecule has 122 valence electrons. The molecule has 4 heteroatoms. The molecule has 0 spiro atoms. The Morgan fingerprint density at radius 2 is 1.81 bits per heavy atom. The van der Waals surface area contributed by atoms with Crippen LogP contribution >= 0.6 is 0 Å². The Morgan fingerprint density at radius 3 is 2.38 bits per heavy atom. The maximum Gasteiger partial charge on any atom is 0.307 e. The summed E-state index contributed by atoms with van der Waals surface area (Å²) < 4.78 is 4.66. The number of nitrogens with zero attached hydrogens (tertiary/aromatic N) is 1. The zero-order chi connectivity index (χ0) is 15.7. The topological polar surface area (TPSA) is 46.6 Å². The molecule has 1 fully saturated rings. The Morgan fingerprint density at radius 1 is 1.14 bits per heavy atom. The second kappa shape index (κ2) is 9.80. The molecule has 4 nitrogen and oxygen atoms in total. The minimum atomic E-state index is -0.246. The van der Waals surface area contributed by atoms with E-state index >= 15 is 0 Å². The van der Waals surface area contributed by atoms with Gasteiger partial charge in [-0.25, -0.2) is 0 Å². The van der Waals surface area contributed by atoms with Gasteiger partial charge in [-0.1, -0.05) is 46.0 Å². The molecule has 1 saturated carbocycles. The number of hydrogen-bond acceptors (Lipinski definition) is 3. The smallest absolute Gasteiger partial charge is 0.307 e. The molecule has 0 saturated heterocycles. The average molecular weight is 297 g/mol. The third kappa shape index (κ3) is 7.49. The van der Waals surface area contributed by atoms with E-state index in [9.17, 15) is 9.59 Å². The van der Waals surface area contributed by atoms with Crippen LogP contribution in [0.25, 0.3) is 0 Å². The summed E-state index contributed by atoms with van der Waals surface area (Å²) >= 11 is 0. The highest BCUT2D eigenvalue weighted by Crippen LogP contribution is 2.27. The van der Waals surface area contributed by atoms with Gasteiger partial charge in [0.25, 0.3) is 0 Å². The predicted molar refractivity (Wildman–Crippen MR) is 83.9 cm³/mol. The quantitative estimate of drug-likeness (QED) is 0.645. The van der Waals surface area contributed by atoms with E-state index in [0.29, 0.717) is 25.3 Å². The van der Waals surface area contributed by atoms with E-state index in [-0.39, 0.29) is 11.9 Å². The highest BCUT2D eigenvalue weighted by atomic mass is 16.5. The van der Waals surface area contributed by atoms with Gasteiger partial charge in [0.05, 0.1) is 13.5 Å². The standard InChI is InChI=1S/C17H31NO3/c1-14(2)13-18(12-11-17(20)21-3)16(19)10-9-15-7-5-4-6-8-15/h14-15H,4-13H2,1-3H3. The van der Waals surface area contributed by atoms with E-state index in [0.717, 1.165) is 18.9 Å². The average Bonchev–Trinajstić information content (AvgIpc) is 2.49. The lowest BCUT2D eigenvalue weighted by Gasteiger charge is -2.26. The molecule has 0 aliphatic heterocycles. The first-order valence-corrected chi connectivity index (χ1v) is 8.37. The third-order valence-electron chi connectivity index (χ3n) is 4.24. The minimum Gasteiger partial charge on any atom is -0.469 e. The summed E-state index contributed by atoms with van der Waals surface area (Å²) in [4.78, 5) is 25.5. The fourth-order valence-electron chi connectivity index (χ4n) is 3.05. The molecule has 0 radical (unpaired) electrons. The number of methoxy groups -OCH3 is 1. The number of hydrogen-bond donors (Lipinski definition) is 0. The monoisotopic (exact) mass is 297 g/mol. The van der Waals surface area contributed by atoms with E-state index in [1.165, 1.54) is 39.2 Å². The van der Waals surface area contributed by atoms with Crippen LogP contribution in [0.5, 0.6) is 0 Å². The van der Waals surface area contributed by atoms with Crippen molar-refractivity contribution in [3.63, 3.8) is 0 Å². The summed E-state index contributed by atoms with van der Waals surface area (Å²) in [5.74, 6) is 1.09. The SMILES string of the molecule is COC(=O)CCN(CC(C)C)C(=O)CCC1CCCCC1. The van der Waals surface area contributed by atoms with E-state index in [1.54, 1.807) is 0 Å². The second-order valence-electron chi connectivity index (χ2n) is 6.60. The molecular formula is C17H31NO3. The van der Waals surface area contributed by atoms with E-state index in [4.69, 9.17) is 0 Å². The van der Waals surface area contributed by atoms with Crippen LogP contribution in [-0.2, 0) is 14.3 Å². The molecule has 1 aliphatic rings. The van der Waals surface area contributed by atoms with Crippen LogP contribution in [-0.4, -0.2) is 37.0 Å². The van der Waals surface area contributed by atoms with E-state index in [2.05, 4.69) is 18.6 Å². The van der Waals surface area contributed by atoms with Crippen molar-refractivity contribution in [1.82, 2.24) is 4.90 Å². The van der Waals surface area contributed by atoms with Crippen molar-refractivity contribution in [2.45, 2.75) is 65.2 Å². The molecule has 0 N–H and O–H groups in total. The molecule has 0 unspecified atom stereocenters. The Kier molecular flexibility index (Phi) is 8.40. The molecule has 0 aromatic heterocycles. The molecule has 1 amide bonds. The van der Waals surface area contributed by atoms with Crippen LogP contribution in [0.1, 0.15) is 65.2 Å². The Hall–Kier alpha value is -1.06. The second-order valence-corrected chi connectivity index (χ2v) is 6.60. The zero-order valence-corrected chi connectivity index (χ0v) is 13.9. The van der Waals surface area contributed by atoms with Gasteiger partial charge in [-0.05, 0) is 18.3 Å². The Balaban J connectivity index is 2.39. The fraction of sp³-hybridized carbons (Fsp3) is 0.882. The number of esters is 1. The minimum absolute atomic E-state index is 0.193. The molecule has 21 heavy (non-hydrogen) atoms. The maximum absolute atomic E-state index is 12.4. The summed E-state index contributed by atoms with van der Waals surface area (Å²) in [6, 6.07) is 0. The molecule has 0 bridgehead atoms. The van der Waals surface area contributed by atoms with Crippen molar-refractivity contribution in [2.24, 2.45) is 11.8 Å². The Bertz CT molecular complexity index is 322. The highest BCUT2D eigenvalue weighted by molar-refractivity contribution is 5.77. The van der Waals surface area contributed by atoms with Gasteiger partial charge < -0.3 is 9.64 Å². The van der Waals surface area contributed by atoms with Gasteiger partial charge in [-0.15, -0.1) is 0 Å². The fourth-order valence-corrected chi connectivity index (χ4v) is 3.05. The molecule has 1 rings (SSSR count). The number of amides is 1. The number of carbonyl (C=O) groups excluding carboxylic acids is 2. The van der Waals surface area contributed by atoms with Gasteiger partial charge in [0.2, 0.25) is 5.91 Å². The van der Waals surface area contributed by atoms with Gasteiger partial charge in [-0.3, -0.25) is 9.59 Å². The first-order chi connectivity index (χ1) is 10.0. The summed E-state index contributed by atoms with van der Waals surface area (Å²) in [5, 5.41) is 0. The molecule has 1 aliphatic carbocycles. The van der Waals surface area contributed by atoms with Crippen molar-refractivity contribution in [2.75, 3.05) is 20.2 Å². The summed E-state index contributed by atoms with van der Waals surface area (Å²) in [6.45, 7) is 5.40. The highest BCUT2D eigenvalue weighted by Gasteiger charge is 2.19. The summed E-state index contributed by atoms with van der Waals surface area (Å²) in [7, 11) is 1.39. The van der Waals surface area contributed by atoms with Gasteiger partial charge in [0.1, 0.15) is 0 Å². The number of rotatable bonds is 8. The van der Waals surface area contributed by atoms with Crippen LogP contribution in [0.3, 0.4) is 0 Å². The lowest BCUT2D eigenvalue weighted by molar-refractivity contribution is -0.142. The van der Waals surface area contributed by atoms with Crippen LogP contribution < -0.4 is 0 Å². The van der Waals surface area contributed by atoms with Gasteiger partial charge in [-0.2, -0.15) is 0 Å². The summed E-state index contributed by atoms with van der Waals surface area (Å²) in [6.07, 6.45) is 8.46. The number of ether oxygens (including phenoxy) is 1. The maximum atomic E-state index is 12.4. The molecule has 0 aromatic carbocycles. The van der Waals surface area contributed by atoms with Crippen molar-refractivity contribution in [3.8, 4) is 0 Å². The lowest BCUT2D eigenvalue weighted by atomic mass is 9.86. The number of carbonyl (C=O) groups is 2. The molecule has 0 atom stereocenters. The molecule has 0 heterocycles. The Labute approximate surface area is 129 Å². The van der Waals surface area contributed by atoms with Crippen LogP contribution in [0.4, 0.5) is 0 Å². The van der Waals surface area contributed by atoms with Crippen LogP contribution in [0, 0.1) is 11.8 Å². The van der Waals surface area contributed by atoms with Crippen molar-refractivity contribution in [3.05, 3.63) is 0 Å². The van der Waals surface area contributed by atoms with Gasteiger partial charge in [0.15, 0.2) is 0 Å². The van der Waals surface area contributed by atoms with E-state index in [1.807, 2.05) is 4.90 Å². The lowest BCUT2D eigenvalue weighted by Crippen LogP contribution is -2.36. The first kappa shape index (κ1) is 18.0. The van der Waals surface area contributed by atoms with E-state index < -0.39 is 0 Å². The van der Waals surface area contributed by atoms with Crippen molar-refractivity contribution >= 4 is 11.9 Å². The normalized spacial score (nSPS) is 16.0. The van der Waals surface area contributed by atoms with Crippen molar-refractivity contribution < 1.29 is 14.3 Å². The predicted octanol–water partition coefficient (Wildman–Crippen LogP) is 3.39. The zero-order valence-electron chi connectivity index (χ0n) is 13.9. The first-order valence-electron chi connectivity index (χ1n) is 8.37. The van der Waals surface area contributed by atoms with Crippen molar-refractivity contribution in [1.29, 1.82) is 0 Å². The molecule has 0 aromatic rings. The van der Waals surface area contributed by atoms with Crippen LogP contribution in [0.15, 0.2) is 0 Å². The van der Waals surface area contributed by atoms with Gasteiger partial charge in [0, 0.05) is 19.5 Å². The molecular weight excluding hydrogens is 266 g/mol.